The molecule has 1 aromatic carbocycles. The van der Waals surface area contributed by atoms with E-state index in [9.17, 15) is 8.42 Å². The van der Waals surface area contributed by atoms with Gasteiger partial charge in [-0.3, -0.25) is 0 Å². The van der Waals surface area contributed by atoms with Crippen molar-refractivity contribution < 1.29 is 8.42 Å². The van der Waals surface area contributed by atoms with E-state index in [4.69, 9.17) is 0 Å². The first-order valence-electron chi connectivity index (χ1n) is 7.78. The maximum Gasteiger partial charge on any atom is 0.243 e. The van der Waals surface area contributed by atoms with Crippen molar-refractivity contribution in [2.75, 3.05) is 13.1 Å². The molecule has 1 N–H and O–H groups in total. The molecule has 0 aromatic heterocycles. The van der Waals surface area contributed by atoms with Gasteiger partial charge in [0.05, 0.1) is 4.90 Å². The number of benzene rings is 1. The number of sulfonamides is 1. The molecule has 2 atom stereocenters. The highest BCUT2D eigenvalue weighted by molar-refractivity contribution is 7.89. The highest BCUT2D eigenvalue weighted by atomic mass is 32.2. The zero-order valence-electron chi connectivity index (χ0n) is 13.2. The van der Waals surface area contributed by atoms with E-state index in [0.717, 1.165) is 31.4 Å². The second-order valence-corrected chi connectivity index (χ2v) is 7.73. The summed E-state index contributed by atoms with van der Waals surface area (Å²) in [5, 5.41) is 3.37. The minimum absolute atomic E-state index is 0.0456. The largest absolute Gasteiger partial charge is 0.313 e. The predicted octanol–water partition coefficient (Wildman–Crippen LogP) is 2.54. The van der Waals surface area contributed by atoms with Crippen LogP contribution in [0, 0.1) is 6.92 Å². The van der Waals surface area contributed by atoms with Crippen LogP contribution in [0.1, 0.15) is 38.7 Å². The van der Waals surface area contributed by atoms with Crippen molar-refractivity contribution in [1.29, 1.82) is 0 Å². The first-order valence-corrected chi connectivity index (χ1v) is 9.22. The molecule has 1 aliphatic rings. The Hall–Kier alpha value is -0.910. The van der Waals surface area contributed by atoms with Crippen molar-refractivity contribution in [3.63, 3.8) is 0 Å². The van der Waals surface area contributed by atoms with Gasteiger partial charge >= 0.3 is 0 Å². The summed E-state index contributed by atoms with van der Waals surface area (Å²) in [6.45, 7) is 7.54. The third kappa shape index (κ3) is 3.65. The predicted molar refractivity (Wildman–Crippen MR) is 85.8 cm³/mol. The molecule has 0 amide bonds. The van der Waals surface area contributed by atoms with Crippen molar-refractivity contribution in [2.24, 2.45) is 0 Å². The van der Waals surface area contributed by atoms with Gasteiger partial charge in [-0.15, -0.1) is 0 Å². The van der Waals surface area contributed by atoms with Gasteiger partial charge in [0.25, 0.3) is 0 Å². The normalized spacial score (nSPS) is 22.1. The van der Waals surface area contributed by atoms with Crippen LogP contribution in [-0.2, 0) is 10.0 Å². The number of piperidine rings is 1. The van der Waals surface area contributed by atoms with Crippen LogP contribution in [0.3, 0.4) is 0 Å². The quantitative estimate of drug-likeness (QED) is 0.909. The highest BCUT2D eigenvalue weighted by Gasteiger charge is 2.36. The minimum atomic E-state index is -3.40. The van der Waals surface area contributed by atoms with Gasteiger partial charge in [-0.25, -0.2) is 8.42 Å². The zero-order valence-corrected chi connectivity index (χ0v) is 14.0. The Morgan fingerprint density at radius 1 is 1.38 bits per heavy atom. The van der Waals surface area contributed by atoms with Crippen molar-refractivity contribution in [3.05, 3.63) is 29.8 Å². The third-order valence-electron chi connectivity index (χ3n) is 4.20. The molecule has 0 spiro atoms. The lowest BCUT2D eigenvalue weighted by Gasteiger charge is -2.38. The highest BCUT2D eigenvalue weighted by Crippen LogP contribution is 2.27. The number of nitrogens with one attached hydrogen (secondary N) is 1. The molecule has 21 heavy (non-hydrogen) atoms. The third-order valence-corrected chi connectivity index (χ3v) is 6.12. The van der Waals surface area contributed by atoms with Gasteiger partial charge in [-0.05, 0) is 50.9 Å². The topological polar surface area (TPSA) is 49.4 Å². The molecule has 2 unspecified atom stereocenters. The van der Waals surface area contributed by atoms with E-state index in [2.05, 4.69) is 19.2 Å². The van der Waals surface area contributed by atoms with Crippen LogP contribution >= 0.6 is 0 Å². The standard InChI is InChI=1S/C16H26N2O2S/c1-4-17-14(3)16-10-5-6-11-18(16)21(19,20)15-9-7-8-13(2)12-15/h7-9,12,14,16-17H,4-6,10-11H2,1-3H3. The van der Waals surface area contributed by atoms with E-state index < -0.39 is 10.0 Å². The van der Waals surface area contributed by atoms with Crippen LogP contribution in [-0.4, -0.2) is 37.9 Å². The first kappa shape index (κ1) is 16.5. The fourth-order valence-corrected chi connectivity index (χ4v) is 4.97. The summed E-state index contributed by atoms with van der Waals surface area (Å²) in [6.07, 6.45) is 2.97. The summed E-state index contributed by atoms with van der Waals surface area (Å²) in [7, 11) is -3.40. The van der Waals surface area contributed by atoms with Crippen LogP contribution in [0.15, 0.2) is 29.2 Å². The fourth-order valence-electron chi connectivity index (χ4n) is 3.10. The Labute approximate surface area is 128 Å². The number of nitrogens with zero attached hydrogens (tertiary/aromatic N) is 1. The summed E-state index contributed by atoms with van der Waals surface area (Å²) in [6, 6.07) is 7.42. The van der Waals surface area contributed by atoms with Gasteiger partial charge < -0.3 is 5.32 Å². The fraction of sp³-hybridized carbons (Fsp3) is 0.625. The van der Waals surface area contributed by atoms with E-state index in [-0.39, 0.29) is 12.1 Å². The van der Waals surface area contributed by atoms with E-state index >= 15 is 0 Å². The van der Waals surface area contributed by atoms with Gasteiger partial charge in [-0.2, -0.15) is 4.31 Å². The maximum absolute atomic E-state index is 13.0. The molecule has 2 rings (SSSR count). The van der Waals surface area contributed by atoms with E-state index in [1.165, 1.54) is 0 Å². The lowest BCUT2D eigenvalue weighted by Crippen LogP contribution is -2.53. The summed E-state index contributed by atoms with van der Waals surface area (Å²) >= 11 is 0. The SMILES string of the molecule is CCNC(C)C1CCCCN1S(=O)(=O)c1cccc(C)c1. The average Bonchev–Trinajstić information content (AvgIpc) is 2.47. The maximum atomic E-state index is 13.0. The van der Waals surface area contributed by atoms with Crippen LogP contribution < -0.4 is 5.32 Å². The van der Waals surface area contributed by atoms with E-state index in [1.54, 1.807) is 16.4 Å². The number of likely N-dealkylation sites (N-methyl/N-ethyl adjacent to an activating group) is 1. The smallest absolute Gasteiger partial charge is 0.243 e. The summed E-state index contributed by atoms with van der Waals surface area (Å²) in [4.78, 5) is 0.415. The lowest BCUT2D eigenvalue weighted by atomic mass is 9.99. The molecule has 4 nitrogen and oxygen atoms in total. The number of rotatable bonds is 5. The van der Waals surface area contributed by atoms with Crippen LogP contribution in [0.4, 0.5) is 0 Å². The van der Waals surface area contributed by atoms with E-state index in [0.29, 0.717) is 11.4 Å². The van der Waals surface area contributed by atoms with E-state index in [1.807, 2.05) is 19.1 Å². The summed E-state index contributed by atoms with van der Waals surface area (Å²) in [5.74, 6) is 0. The molecular weight excluding hydrogens is 284 g/mol. The second kappa shape index (κ2) is 6.90. The number of hydrogen-bond donors (Lipinski definition) is 1. The Morgan fingerprint density at radius 2 is 2.14 bits per heavy atom. The molecule has 1 fully saturated rings. The van der Waals surface area contributed by atoms with Gasteiger partial charge in [0, 0.05) is 18.6 Å². The summed E-state index contributed by atoms with van der Waals surface area (Å²) in [5.41, 5.74) is 0.976. The average molecular weight is 310 g/mol. The number of hydrogen-bond acceptors (Lipinski definition) is 3. The van der Waals surface area contributed by atoms with Crippen LogP contribution in [0.5, 0.6) is 0 Å². The monoisotopic (exact) mass is 310 g/mol. The minimum Gasteiger partial charge on any atom is -0.313 e. The van der Waals surface area contributed by atoms with Crippen molar-refractivity contribution in [1.82, 2.24) is 9.62 Å². The molecule has 1 aliphatic heterocycles. The molecule has 0 bridgehead atoms. The molecule has 0 radical (unpaired) electrons. The number of aryl methyl sites for hydroxylation is 1. The molecule has 118 valence electrons. The Kier molecular flexibility index (Phi) is 5.41. The van der Waals surface area contributed by atoms with Crippen LogP contribution in [0.25, 0.3) is 0 Å². The molecular formula is C16H26N2O2S. The Morgan fingerprint density at radius 3 is 2.81 bits per heavy atom. The van der Waals surface area contributed by atoms with Crippen molar-refractivity contribution >= 4 is 10.0 Å². The Balaban J connectivity index is 2.31. The van der Waals surface area contributed by atoms with Crippen molar-refractivity contribution in [2.45, 2.75) is 57.0 Å². The van der Waals surface area contributed by atoms with Crippen molar-refractivity contribution in [3.8, 4) is 0 Å². The lowest BCUT2D eigenvalue weighted by molar-refractivity contribution is 0.210. The zero-order chi connectivity index (χ0) is 15.5. The summed E-state index contributed by atoms with van der Waals surface area (Å²) < 4.78 is 27.6. The molecule has 1 heterocycles. The van der Waals surface area contributed by atoms with Gasteiger partial charge in [0.2, 0.25) is 10.0 Å². The molecule has 1 aromatic rings. The molecule has 0 aliphatic carbocycles. The van der Waals surface area contributed by atoms with Gasteiger partial charge in [0.1, 0.15) is 0 Å². The van der Waals surface area contributed by atoms with Crippen LogP contribution in [0.2, 0.25) is 0 Å². The molecule has 1 saturated heterocycles. The Bertz CT molecular complexity index is 571. The molecule has 0 saturated carbocycles. The molecule has 5 heteroatoms. The van der Waals surface area contributed by atoms with Gasteiger partial charge in [0.15, 0.2) is 0 Å². The first-order chi connectivity index (χ1) is 9.96. The van der Waals surface area contributed by atoms with Gasteiger partial charge in [-0.1, -0.05) is 25.5 Å². The second-order valence-electron chi connectivity index (χ2n) is 5.84.